The topological polar surface area (TPSA) is 93.6 Å². The van der Waals surface area contributed by atoms with E-state index in [0.29, 0.717) is 17.8 Å². The van der Waals surface area contributed by atoms with Crippen molar-refractivity contribution >= 4 is 5.95 Å². The van der Waals surface area contributed by atoms with Gasteiger partial charge in [0.25, 0.3) is 0 Å². The summed E-state index contributed by atoms with van der Waals surface area (Å²) in [4.78, 5) is 4.26. The maximum atomic E-state index is 6.13. The lowest BCUT2D eigenvalue weighted by Gasteiger charge is -2.45. The molecular formula is C11H21N5. The van der Waals surface area contributed by atoms with Crippen molar-refractivity contribution in [3.8, 4) is 0 Å². The summed E-state index contributed by atoms with van der Waals surface area (Å²) in [5.74, 6) is 2.07. The maximum Gasteiger partial charge on any atom is 0.239 e. The fraction of sp³-hybridized carbons (Fsp3) is 0.818. The van der Waals surface area contributed by atoms with E-state index in [1.807, 2.05) is 0 Å². The normalized spacial score (nSPS) is 33.9. The largest absolute Gasteiger partial charge is 0.367 e. The van der Waals surface area contributed by atoms with E-state index in [9.17, 15) is 0 Å². The van der Waals surface area contributed by atoms with Gasteiger partial charge in [-0.15, -0.1) is 5.10 Å². The number of anilines is 1. The fourth-order valence-electron chi connectivity index (χ4n) is 2.78. The predicted octanol–water partition coefficient (Wildman–Crippen LogP) is 1.25. The van der Waals surface area contributed by atoms with Gasteiger partial charge in [-0.3, -0.25) is 5.10 Å². The van der Waals surface area contributed by atoms with Crippen molar-refractivity contribution in [3.63, 3.8) is 0 Å². The zero-order valence-electron chi connectivity index (χ0n) is 10.2. The lowest BCUT2D eigenvalue weighted by Crippen LogP contribution is -2.46. The Hall–Kier alpha value is -1.10. The van der Waals surface area contributed by atoms with E-state index in [1.54, 1.807) is 0 Å². The molecule has 1 aliphatic carbocycles. The molecule has 5 nitrogen and oxygen atoms in total. The van der Waals surface area contributed by atoms with Gasteiger partial charge in [0, 0.05) is 12.0 Å². The van der Waals surface area contributed by atoms with Crippen molar-refractivity contribution in [1.29, 1.82) is 0 Å². The third-order valence-electron chi connectivity index (χ3n) is 4.35. The third kappa shape index (κ3) is 1.69. The second-order valence-electron chi connectivity index (χ2n) is 5.48. The van der Waals surface area contributed by atoms with Crippen LogP contribution in [0.4, 0.5) is 5.95 Å². The van der Waals surface area contributed by atoms with Crippen LogP contribution in [-0.4, -0.2) is 21.2 Å². The molecule has 0 bridgehead atoms. The van der Waals surface area contributed by atoms with Gasteiger partial charge in [-0.25, -0.2) is 0 Å². The van der Waals surface area contributed by atoms with Gasteiger partial charge in [0.1, 0.15) is 5.82 Å². The number of aromatic amines is 1. The summed E-state index contributed by atoms with van der Waals surface area (Å²) < 4.78 is 0. The van der Waals surface area contributed by atoms with Crippen molar-refractivity contribution in [3.05, 3.63) is 5.82 Å². The molecule has 1 aromatic heterocycles. The molecule has 1 aromatic rings. The van der Waals surface area contributed by atoms with Crippen molar-refractivity contribution in [2.45, 2.75) is 45.6 Å². The van der Waals surface area contributed by atoms with Crippen LogP contribution in [0.1, 0.15) is 45.4 Å². The summed E-state index contributed by atoms with van der Waals surface area (Å²) in [6.45, 7) is 6.72. The van der Waals surface area contributed by atoms with E-state index in [-0.39, 0.29) is 11.5 Å². The van der Waals surface area contributed by atoms with Gasteiger partial charge >= 0.3 is 0 Å². The van der Waals surface area contributed by atoms with Crippen LogP contribution < -0.4 is 11.5 Å². The van der Waals surface area contributed by atoms with Crippen LogP contribution in [0.5, 0.6) is 0 Å². The quantitative estimate of drug-likeness (QED) is 0.668. The number of nitrogens with zero attached hydrogens (tertiary/aromatic N) is 2. The number of nitrogens with two attached hydrogens (primary N) is 2. The predicted molar refractivity (Wildman–Crippen MR) is 63.7 cm³/mol. The molecule has 0 saturated heterocycles. The van der Waals surface area contributed by atoms with Gasteiger partial charge in [-0.2, -0.15) is 4.98 Å². The summed E-state index contributed by atoms with van der Waals surface area (Å²) >= 11 is 0. The molecule has 2 rings (SSSR count). The standard InChI is InChI=1S/C11H21N5/c1-6-8(12)5-4-7(11(6,2)3)9-14-10(13)16-15-9/h6-8H,4-5,12H2,1-3H3,(H3,13,14,15,16). The van der Waals surface area contributed by atoms with Crippen LogP contribution in [0.3, 0.4) is 0 Å². The minimum atomic E-state index is 0.129. The van der Waals surface area contributed by atoms with E-state index in [4.69, 9.17) is 11.5 Å². The first kappa shape index (κ1) is 11.4. The highest BCUT2D eigenvalue weighted by molar-refractivity contribution is 5.17. The molecule has 90 valence electrons. The first-order chi connectivity index (χ1) is 7.43. The molecule has 16 heavy (non-hydrogen) atoms. The number of hydrogen-bond acceptors (Lipinski definition) is 4. The van der Waals surface area contributed by atoms with Gasteiger partial charge in [-0.05, 0) is 24.2 Å². The molecular weight excluding hydrogens is 202 g/mol. The van der Waals surface area contributed by atoms with Crippen LogP contribution in [0, 0.1) is 11.3 Å². The van der Waals surface area contributed by atoms with Gasteiger partial charge < -0.3 is 11.5 Å². The molecule has 1 aliphatic rings. The molecule has 1 heterocycles. The molecule has 5 heteroatoms. The van der Waals surface area contributed by atoms with Crippen LogP contribution in [-0.2, 0) is 0 Å². The maximum absolute atomic E-state index is 6.13. The van der Waals surface area contributed by atoms with Crippen molar-refractivity contribution in [2.24, 2.45) is 17.1 Å². The molecule has 0 spiro atoms. The smallest absolute Gasteiger partial charge is 0.239 e. The Balaban J connectivity index is 2.28. The molecule has 0 radical (unpaired) electrons. The number of H-pyrrole nitrogens is 1. The Kier molecular flexibility index (Phi) is 2.66. The molecule has 3 unspecified atom stereocenters. The number of hydrogen-bond donors (Lipinski definition) is 3. The van der Waals surface area contributed by atoms with E-state index >= 15 is 0 Å². The molecule has 0 aliphatic heterocycles. The molecule has 3 atom stereocenters. The summed E-state index contributed by atoms with van der Waals surface area (Å²) in [7, 11) is 0. The number of nitrogen functional groups attached to an aromatic ring is 1. The Bertz CT molecular complexity index is 370. The van der Waals surface area contributed by atoms with E-state index < -0.39 is 0 Å². The van der Waals surface area contributed by atoms with Crippen molar-refractivity contribution in [1.82, 2.24) is 15.2 Å². The van der Waals surface area contributed by atoms with Crippen LogP contribution in [0.2, 0.25) is 0 Å². The lowest BCUT2D eigenvalue weighted by atomic mass is 9.61. The molecule has 1 saturated carbocycles. The van der Waals surface area contributed by atoms with E-state index in [1.165, 1.54) is 0 Å². The zero-order valence-corrected chi connectivity index (χ0v) is 10.2. The van der Waals surface area contributed by atoms with Gasteiger partial charge in [0.15, 0.2) is 0 Å². The summed E-state index contributed by atoms with van der Waals surface area (Å²) in [6, 6.07) is 0.284. The Morgan fingerprint density at radius 2 is 2.06 bits per heavy atom. The Labute approximate surface area is 96.0 Å². The monoisotopic (exact) mass is 223 g/mol. The van der Waals surface area contributed by atoms with Gasteiger partial charge in [-0.1, -0.05) is 20.8 Å². The Morgan fingerprint density at radius 3 is 2.62 bits per heavy atom. The van der Waals surface area contributed by atoms with Crippen molar-refractivity contribution < 1.29 is 0 Å². The van der Waals surface area contributed by atoms with Crippen LogP contribution in [0.25, 0.3) is 0 Å². The molecule has 0 amide bonds. The SMILES string of the molecule is CC1C(N)CCC(c2nc(N)n[nH]2)C1(C)C. The highest BCUT2D eigenvalue weighted by atomic mass is 15.3. The molecule has 5 N–H and O–H groups in total. The van der Waals surface area contributed by atoms with Crippen LogP contribution in [0.15, 0.2) is 0 Å². The highest BCUT2D eigenvalue weighted by Crippen LogP contribution is 2.48. The second-order valence-corrected chi connectivity index (χ2v) is 5.48. The first-order valence-electron chi connectivity index (χ1n) is 5.86. The first-order valence-corrected chi connectivity index (χ1v) is 5.86. The lowest BCUT2D eigenvalue weighted by molar-refractivity contribution is 0.0950. The van der Waals surface area contributed by atoms with Crippen molar-refractivity contribution in [2.75, 3.05) is 5.73 Å². The summed E-state index contributed by atoms with van der Waals surface area (Å²) in [6.07, 6.45) is 2.09. The van der Waals surface area contributed by atoms with Gasteiger partial charge in [0.2, 0.25) is 5.95 Å². The zero-order chi connectivity index (χ0) is 11.9. The minimum absolute atomic E-state index is 0.129. The van der Waals surface area contributed by atoms with E-state index in [2.05, 4.69) is 36.0 Å². The average Bonchev–Trinajstić information content (AvgIpc) is 2.61. The fourth-order valence-corrected chi connectivity index (χ4v) is 2.78. The second kappa shape index (κ2) is 3.73. The molecule has 1 fully saturated rings. The average molecular weight is 223 g/mol. The third-order valence-corrected chi connectivity index (χ3v) is 4.35. The van der Waals surface area contributed by atoms with Gasteiger partial charge in [0.05, 0.1) is 0 Å². The van der Waals surface area contributed by atoms with E-state index in [0.717, 1.165) is 18.7 Å². The minimum Gasteiger partial charge on any atom is -0.367 e. The Morgan fingerprint density at radius 1 is 1.38 bits per heavy atom. The number of nitrogens with one attached hydrogen (secondary N) is 1. The number of aromatic nitrogens is 3. The summed E-state index contributed by atoms with van der Waals surface area (Å²) in [5.41, 5.74) is 11.8. The summed E-state index contributed by atoms with van der Waals surface area (Å²) in [5, 5.41) is 6.85. The molecule has 0 aromatic carbocycles. The highest BCUT2D eigenvalue weighted by Gasteiger charge is 2.43. The number of rotatable bonds is 1. The van der Waals surface area contributed by atoms with Crippen LogP contribution >= 0.6 is 0 Å².